The third-order valence-corrected chi connectivity index (χ3v) is 3.13. The summed E-state index contributed by atoms with van der Waals surface area (Å²) in [6.45, 7) is -0.940. The van der Waals surface area contributed by atoms with Gasteiger partial charge in [-0.1, -0.05) is 12.1 Å². The number of hydrogen-bond acceptors (Lipinski definition) is 6. The molecule has 1 heterocycles. The molecule has 138 valence electrons. The van der Waals surface area contributed by atoms with Crippen LogP contribution in [0.2, 0.25) is 0 Å². The van der Waals surface area contributed by atoms with E-state index in [4.69, 9.17) is 4.74 Å². The van der Waals surface area contributed by atoms with Crippen LogP contribution < -0.4 is 10.2 Å². The molecule has 0 unspecified atom stereocenters. The van der Waals surface area contributed by atoms with Crippen molar-refractivity contribution in [2.24, 2.45) is 0 Å². The third kappa shape index (κ3) is 5.43. The Morgan fingerprint density at radius 3 is 2.46 bits per heavy atom. The van der Waals surface area contributed by atoms with E-state index in [9.17, 15) is 22.8 Å². The first-order valence-corrected chi connectivity index (χ1v) is 7.37. The molecule has 0 atom stereocenters. The van der Waals surface area contributed by atoms with Gasteiger partial charge in [0.1, 0.15) is 6.54 Å². The molecule has 0 fully saturated rings. The van der Waals surface area contributed by atoms with Crippen LogP contribution in [0, 0.1) is 0 Å². The Hall–Kier alpha value is -3.17. The lowest BCUT2D eigenvalue weighted by Crippen LogP contribution is -2.30. The molecule has 1 aromatic carbocycles. The number of halogens is 3. The first-order chi connectivity index (χ1) is 12.3. The maximum Gasteiger partial charge on any atom is 0.418 e. The largest absolute Gasteiger partial charge is 0.454 e. The van der Waals surface area contributed by atoms with Crippen molar-refractivity contribution in [3.05, 3.63) is 48.3 Å². The minimum Gasteiger partial charge on any atom is -0.454 e. The zero-order valence-electron chi connectivity index (χ0n) is 13.7. The van der Waals surface area contributed by atoms with Gasteiger partial charge in [0.2, 0.25) is 5.95 Å². The summed E-state index contributed by atoms with van der Waals surface area (Å²) in [4.78, 5) is 32.8. The van der Waals surface area contributed by atoms with Gasteiger partial charge in [0.25, 0.3) is 5.91 Å². The number of likely N-dealkylation sites (N-methyl/N-ethyl adjacent to an activating group) is 1. The van der Waals surface area contributed by atoms with E-state index in [-0.39, 0.29) is 12.5 Å². The van der Waals surface area contributed by atoms with E-state index in [0.29, 0.717) is 0 Å². The van der Waals surface area contributed by atoms with Gasteiger partial charge in [-0.05, 0) is 18.2 Å². The monoisotopic (exact) mass is 368 g/mol. The number of aromatic nitrogens is 2. The maximum atomic E-state index is 12.9. The second-order valence-electron chi connectivity index (χ2n) is 5.16. The van der Waals surface area contributed by atoms with Crippen LogP contribution in [0.3, 0.4) is 0 Å². The van der Waals surface area contributed by atoms with Gasteiger partial charge in [-0.25, -0.2) is 9.97 Å². The molecule has 1 N–H and O–H groups in total. The van der Waals surface area contributed by atoms with Gasteiger partial charge < -0.3 is 15.0 Å². The highest BCUT2D eigenvalue weighted by Crippen LogP contribution is 2.34. The molecule has 1 amide bonds. The SMILES string of the molecule is CN(CC(=O)OCC(=O)Nc1ccccc1C(F)(F)F)c1ncccn1. The Morgan fingerprint density at radius 2 is 1.81 bits per heavy atom. The fourth-order valence-corrected chi connectivity index (χ4v) is 1.97. The van der Waals surface area contributed by atoms with Crippen LogP contribution in [0.25, 0.3) is 0 Å². The fraction of sp³-hybridized carbons (Fsp3) is 0.250. The van der Waals surface area contributed by atoms with Gasteiger partial charge in [0, 0.05) is 19.4 Å². The summed E-state index contributed by atoms with van der Waals surface area (Å²) in [6, 6.07) is 6.13. The van der Waals surface area contributed by atoms with Gasteiger partial charge in [0.05, 0.1) is 11.3 Å². The fourth-order valence-electron chi connectivity index (χ4n) is 1.97. The summed E-state index contributed by atoms with van der Waals surface area (Å²) in [5.41, 5.74) is -1.39. The standard InChI is InChI=1S/C16H15F3N4O3/c1-23(15-20-7-4-8-21-15)9-14(25)26-10-13(24)22-12-6-3-2-5-11(12)16(17,18)19/h2-8H,9-10H2,1H3,(H,22,24). The molecule has 0 radical (unpaired) electrons. The van der Waals surface area contributed by atoms with Crippen molar-refractivity contribution in [1.29, 1.82) is 0 Å². The normalized spacial score (nSPS) is 10.9. The molecule has 0 aliphatic heterocycles. The second kappa shape index (κ2) is 8.28. The van der Waals surface area contributed by atoms with Crippen molar-refractivity contribution in [2.45, 2.75) is 6.18 Å². The molecule has 0 saturated carbocycles. The van der Waals surface area contributed by atoms with E-state index >= 15 is 0 Å². The number of alkyl halides is 3. The highest BCUT2D eigenvalue weighted by atomic mass is 19.4. The molecule has 7 nitrogen and oxygen atoms in total. The van der Waals surface area contributed by atoms with Gasteiger partial charge in [0.15, 0.2) is 6.61 Å². The predicted octanol–water partition coefficient (Wildman–Crippen LogP) is 2.11. The number of rotatable bonds is 6. The molecular formula is C16H15F3N4O3. The van der Waals surface area contributed by atoms with E-state index in [1.807, 2.05) is 0 Å². The summed E-state index contributed by atoms with van der Waals surface area (Å²) >= 11 is 0. The maximum absolute atomic E-state index is 12.9. The smallest absolute Gasteiger partial charge is 0.418 e. The zero-order valence-corrected chi connectivity index (χ0v) is 13.7. The highest BCUT2D eigenvalue weighted by Gasteiger charge is 2.33. The molecule has 0 aliphatic carbocycles. The van der Waals surface area contributed by atoms with Crippen molar-refractivity contribution in [3.8, 4) is 0 Å². The molecule has 2 aromatic rings. The lowest BCUT2D eigenvalue weighted by Gasteiger charge is -2.16. The van der Waals surface area contributed by atoms with Crippen LogP contribution in [0.15, 0.2) is 42.7 Å². The van der Waals surface area contributed by atoms with Crippen molar-refractivity contribution in [3.63, 3.8) is 0 Å². The molecule has 2 rings (SSSR count). The Balaban J connectivity index is 1.87. The second-order valence-corrected chi connectivity index (χ2v) is 5.16. The highest BCUT2D eigenvalue weighted by molar-refractivity contribution is 5.93. The van der Waals surface area contributed by atoms with Gasteiger partial charge in [-0.2, -0.15) is 13.2 Å². The third-order valence-electron chi connectivity index (χ3n) is 3.13. The van der Waals surface area contributed by atoms with Crippen LogP contribution in [-0.2, 0) is 20.5 Å². The Morgan fingerprint density at radius 1 is 1.15 bits per heavy atom. The van der Waals surface area contributed by atoms with Crippen LogP contribution >= 0.6 is 0 Å². The number of carbonyl (C=O) groups excluding carboxylic acids is 2. The number of nitrogens with zero attached hydrogens (tertiary/aromatic N) is 3. The number of para-hydroxylation sites is 1. The summed E-state index contributed by atoms with van der Waals surface area (Å²) in [5.74, 6) is -1.35. The Labute approximate surface area is 146 Å². The van der Waals surface area contributed by atoms with Crippen molar-refractivity contribution >= 4 is 23.5 Å². The molecule has 0 saturated heterocycles. The molecule has 1 aromatic heterocycles. The average Bonchev–Trinajstić information content (AvgIpc) is 2.60. The number of ether oxygens (including phenoxy) is 1. The minimum atomic E-state index is -4.61. The number of hydrogen-bond donors (Lipinski definition) is 1. The van der Waals surface area contributed by atoms with Gasteiger partial charge in [-0.15, -0.1) is 0 Å². The molecule has 0 bridgehead atoms. The van der Waals surface area contributed by atoms with E-state index in [0.717, 1.165) is 12.1 Å². The van der Waals surface area contributed by atoms with Gasteiger partial charge in [-0.3, -0.25) is 9.59 Å². The number of carbonyl (C=O) groups is 2. The number of anilines is 2. The summed E-state index contributed by atoms with van der Waals surface area (Å²) in [5, 5.41) is 2.08. The summed E-state index contributed by atoms with van der Waals surface area (Å²) < 4.78 is 43.4. The Bertz CT molecular complexity index is 769. The lowest BCUT2D eigenvalue weighted by molar-refractivity contribution is -0.146. The first kappa shape index (κ1) is 19.2. The lowest BCUT2D eigenvalue weighted by atomic mass is 10.1. The van der Waals surface area contributed by atoms with Crippen LogP contribution in [0.1, 0.15) is 5.56 Å². The number of amides is 1. The molecule has 0 aliphatic rings. The van der Waals surface area contributed by atoms with Crippen molar-refractivity contribution < 1.29 is 27.5 Å². The van der Waals surface area contributed by atoms with Crippen LogP contribution in [0.4, 0.5) is 24.8 Å². The number of benzene rings is 1. The number of nitrogens with one attached hydrogen (secondary N) is 1. The molecule has 0 spiro atoms. The van der Waals surface area contributed by atoms with E-state index in [1.165, 1.54) is 29.4 Å². The minimum absolute atomic E-state index is 0.226. The average molecular weight is 368 g/mol. The quantitative estimate of drug-likeness (QED) is 0.787. The summed E-state index contributed by atoms with van der Waals surface area (Å²) in [6.07, 6.45) is -1.62. The molecule has 10 heteroatoms. The van der Waals surface area contributed by atoms with Crippen molar-refractivity contribution in [1.82, 2.24) is 9.97 Å². The van der Waals surface area contributed by atoms with Gasteiger partial charge >= 0.3 is 12.1 Å². The predicted molar refractivity (Wildman–Crippen MR) is 86.3 cm³/mol. The first-order valence-electron chi connectivity index (χ1n) is 7.37. The molecular weight excluding hydrogens is 353 g/mol. The number of esters is 1. The molecule has 26 heavy (non-hydrogen) atoms. The van der Waals surface area contributed by atoms with Crippen molar-refractivity contribution in [2.75, 3.05) is 30.4 Å². The Kier molecular flexibility index (Phi) is 6.10. The van der Waals surface area contributed by atoms with E-state index in [1.54, 1.807) is 13.1 Å². The topological polar surface area (TPSA) is 84.4 Å². The van der Waals surface area contributed by atoms with Crippen LogP contribution in [0.5, 0.6) is 0 Å². The van der Waals surface area contributed by atoms with Crippen LogP contribution in [-0.4, -0.2) is 42.0 Å². The summed E-state index contributed by atoms with van der Waals surface area (Å²) in [7, 11) is 1.55. The van der Waals surface area contributed by atoms with E-state index < -0.39 is 35.9 Å². The zero-order chi connectivity index (χ0) is 19.2. The van der Waals surface area contributed by atoms with E-state index in [2.05, 4.69) is 15.3 Å².